The van der Waals surface area contributed by atoms with Crippen LogP contribution in [0.1, 0.15) is 23.6 Å². The summed E-state index contributed by atoms with van der Waals surface area (Å²) in [4.78, 5) is 0. The highest BCUT2D eigenvalue weighted by molar-refractivity contribution is 5.31. The summed E-state index contributed by atoms with van der Waals surface area (Å²) >= 11 is 0. The van der Waals surface area contributed by atoms with E-state index in [2.05, 4.69) is 0 Å². The van der Waals surface area contributed by atoms with Gasteiger partial charge in [0.1, 0.15) is 12.4 Å². The van der Waals surface area contributed by atoms with E-state index in [0.717, 1.165) is 5.56 Å². The van der Waals surface area contributed by atoms with Crippen LogP contribution < -0.4 is 10.5 Å². The summed E-state index contributed by atoms with van der Waals surface area (Å²) in [5.74, 6) is 0.508. The van der Waals surface area contributed by atoms with Crippen LogP contribution in [-0.4, -0.2) is 6.18 Å². The summed E-state index contributed by atoms with van der Waals surface area (Å²) in [6.07, 6.45) is -5.32. The molecule has 0 saturated heterocycles. The Balaban J connectivity index is 2.00. The molecule has 2 nitrogen and oxygen atoms in total. The summed E-state index contributed by atoms with van der Waals surface area (Å²) in [6.45, 7) is 0.360. The van der Waals surface area contributed by atoms with Gasteiger partial charge in [-0.3, -0.25) is 0 Å². The van der Waals surface area contributed by atoms with E-state index in [4.69, 9.17) is 10.5 Å². The Morgan fingerprint density at radius 1 is 1.00 bits per heavy atom. The van der Waals surface area contributed by atoms with Gasteiger partial charge < -0.3 is 10.5 Å². The predicted molar refractivity (Wildman–Crippen MR) is 74.8 cm³/mol. The van der Waals surface area contributed by atoms with Gasteiger partial charge in [0.05, 0.1) is 6.42 Å². The third-order valence-corrected chi connectivity index (χ3v) is 2.99. The number of hydrogen-bond donors (Lipinski definition) is 1. The number of nitrogens with two attached hydrogens (primary N) is 1. The molecule has 0 bridgehead atoms. The van der Waals surface area contributed by atoms with E-state index in [1.165, 1.54) is 0 Å². The van der Waals surface area contributed by atoms with Crippen LogP contribution in [0.2, 0.25) is 0 Å². The lowest BCUT2D eigenvalue weighted by atomic mass is 10.0. The second-order valence-electron chi connectivity index (χ2n) is 4.77. The van der Waals surface area contributed by atoms with Crippen molar-refractivity contribution in [3.05, 3.63) is 65.7 Å². The van der Waals surface area contributed by atoms with E-state index in [0.29, 0.717) is 17.9 Å². The van der Waals surface area contributed by atoms with Gasteiger partial charge in [-0.25, -0.2) is 0 Å². The Bertz CT molecular complexity index is 569. The average molecular weight is 295 g/mol. The van der Waals surface area contributed by atoms with Crippen LogP contribution in [0, 0.1) is 0 Å². The first kappa shape index (κ1) is 15.4. The minimum absolute atomic E-state index is 0.360. The zero-order chi connectivity index (χ0) is 15.3. The molecule has 0 aliphatic rings. The molecule has 2 aromatic carbocycles. The number of hydrogen-bond acceptors (Lipinski definition) is 2. The molecule has 5 heteroatoms. The minimum Gasteiger partial charge on any atom is -0.489 e. The minimum atomic E-state index is -4.28. The maximum atomic E-state index is 12.4. The molecule has 112 valence electrons. The second kappa shape index (κ2) is 6.63. The fraction of sp³-hybridized carbons (Fsp3) is 0.250. The Morgan fingerprint density at radius 3 is 2.38 bits per heavy atom. The van der Waals surface area contributed by atoms with Crippen molar-refractivity contribution in [3.63, 3.8) is 0 Å². The zero-order valence-corrected chi connectivity index (χ0v) is 11.3. The van der Waals surface area contributed by atoms with Crippen LogP contribution in [0.25, 0.3) is 0 Å². The highest BCUT2D eigenvalue weighted by Gasteiger charge is 2.30. The third kappa shape index (κ3) is 5.11. The molecule has 0 saturated carbocycles. The molecule has 2 N–H and O–H groups in total. The first-order valence-corrected chi connectivity index (χ1v) is 6.53. The highest BCUT2D eigenvalue weighted by Crippen LogP contribution is 2.29. The molecule has 0 aliphatic heterocycles. The van der Waals surface area contributed by atoms with Gasteiger partial charge >= 0.3 is 6.18 Å². The molecular formula is C16H16F3NO. The fourth-order valence-corrected chi connectivity index (χ4v) is 1.94. The third-order valence-electron chi connectivity index (χ3n) is 2.99. The van der Waals surface area contributed by atoms with Crippen molar-refractivity contribution < 1.29 is 17.9 Å². The van der Waals surface area contributed by atoms with Crippen molar-refractivity contribution in [1.29, 1.82) is 0 Å². The molecule has 0 unspecified atom stereocenters. The molecule has 1 atom stereocenters. The van der Waals surface area contributed by atoms with Crippen molar-refractivity contribution >= 4 is 0 Å². The lowest BCUT2D eigenvalue weighted by Gasteiger charge is -2.15. The summed E-state index contributed by atoms with van der Waals surface area (Å²) < 4.78 is 42.6. The normalized spacial score (nSPS) is 13.0. The first-order chi connectivity index (χ1) is 9.94. The topological polar surface area (TPSA) is 35.2 Å². The molecule has 0 radical (unpaired) electrons. The van der Waals surface area contributed by atoms with Crippen molar-refractivity contribution in [3.8, 4) is 5.75 Å². The van der Waals surface area contributed by atoms with Gasteiger partial charge in [0.25, 0.3) is 0 Å². The highest BCUT2D eigenvalue weighted by atomic mass is 19.4. The van der Waals surface area contributed by atoms with E-state index in [9.17, 15) is 13.2 Å². The van der Waals surface area contributed by atoms with Crippen LogP contribution >= 0.6 is 0 Å². The molecule has 21 heavy (non-hydrogen) atoms. The second-order valence-corrected chi connectivity index (χ2v) is 4.77. The summed E-state index contributed by atoms with van der Waals surface area (Å²) in [5.41, 5.74) is 6.98. The van der Waals surface area contributed by atoms with E-state index in [-0.39, 0.29) is 0 Å². The lowest BCUT2D eigenvalue weighted by Crippen LogP contribution is -2.20. The lowest BCUT2D eigenvalue weighted by molar-refractivity contribution is -0.138. The smallest absolute Gasteiger partial charge is 0.390 e. The predicted octanol–water partition coefficient (Wildman–Crippen LogP) is 4.22. The van der Waals surface area contributed by atoms with E-state index >= 15 is 0 Å². The quantitative estimate of drug-likeness (QED) is 0.896. The van der Waals surface area contributed by atoms with E-state index in [1.807, 2.05) is 30.3 Å². The summed E-state index contributed by atoms with van der Waals surface area (Å²) in [6, 6.07) is 14.9. The van der Waals surface area contributed by atoms with Crippen LogP contribution in [0.3, 0.4) is 0 Å². The monoisotopic (exact) mass is 295 g/mol. The van der Waals surface area contributed by atoms with Gasteiger partial charge in [0.15, 0.2) is 0 Å². The number of alkyl halides is 3. The number of benzene rings is 2. The van der Waals surface area contributed by atoms with Gasteiger partial charge in [-0.05, 0) is 23.3 Å². The van der Waals surface area contributed by atoms with Crippen molar-refractivity contribution in [2.75, 3.05) is 0 Å². The summed E-state index contributed by atoms with van der Waals surface area (Å²) in [7, 11) is 0. The zero-order valence-electron chi connectivity index (χ0n) is 11.3. The van der Waals surface area contributed by atoms with Gasteiger partial charge in [0.2, 0.25) is 0 Å². The van der Waals surface area contributed by atoms with Gasteiger partial charge in [-0.2, -0.15) is 13.2 Å². The SMILES string of the molecule is N[C@H](CC(F)(F)F)c1cccc(OCc2ccccc2)c1. The maximum absolute atomic E-state index is 12.4. The van der Waals surface area contributed by atoms with Crippen molar-refractivity contribution in [1.82, 2.24) is 0 Å². The Labute approximate surface area is 121 Å². The molecule has 0 fully saturated rings. The molecule has 0 spiro atoms. The molecule has 2 aromatic rings. The molecule has 0 heterocycles. The standard InChI is InChI=1S/C16H16F3NO/c17-16(18,19)10-15(20)13-7-4-8-14(9-13)21-11-12-5-2-1-3-6-12/h1-9,15H,10-11,20H2/t15-/m1/s1. The maximum Gasteiger partial charge on any atom is 0.390 e. The first-order valence-electron chi connectivity index (χ1n) is 6.53. The fourth-order valence-electron chi connectivity index (χ4n) is 1.94. The molecule has 0 aliphatic carbocycles. The van der Waals surface area contributed by atoms with Gasteiger partial charge in [-0.1, -0.05) is 42.5 Å². The van der Waals surface area contributed by atoms with Gasteiger partial charge in [-0.15, -0.1) is 0 Å². The molecule has 2 rings (SSSR count). The summed E-state index contributed by atoms with van der Waals surface area (Å²) in [5, 5.41) is 0. The Morgan fingerprint density at radius 2 is 1.71 bits per heavy atom. The van der Waals surface area contributed by atoms with Crippen LogP contribution in [0.15, 0.2) is 54.6 Å². The Kier molecular flexibility index (Phi) is 4.85. The van der Waals surface area contributed by atoms with Crippen molar-refractivity contribution in [2.45, 2.75) is 25.2 Å². The number of halogens is 3. The van der Waals surface area contributed by atoms with Crippen LogP contribution in [0.4, 0.5) is 13.2 Å². The van der Waals surface area contributed by atoms with E-state index in [1.54, 1.807) is 24.3 Å². The van der Waals surface area contributed by atoms with Crippen LogP contribution in [-0.2, 0) is 6.61 Å². The van der Waals surface area contributed by atoms with Crippen molar-refractivity contribution in [2.24, 2.45) is 5.73 Å². The average Bonchev–Trinajstić information content (AvgIpc) is 2.45. The van der Waals surface area contributed by atoms with E-state index < -0.39 is 18.6 Å². The van der Waals surface area contributed by atoms with Crippen LogP contribution in [0.5, 0.6) is 5.75 Å². The number of ether oxygens (including phenoxy) is 1. The van der Waals surface area contributed by atoms with Gasteiger partial charge in [0, 0.05) is 6.04 Å². The molecular weight excluding hydrogens is 279 g/mol. The largest absolute Gasteiger partial charge is 0.489 e. The number of rotatable bonds is 5. The Hall–Kier alpha value is -2.01. The molecule has 0 amide bonds. The molecule has 0 aromatic heterocycles.